The number of hydrogen-bond donors (Lipinski definition) is 1. The number of carbonyl (C=O) groups is 1. The molecule has 17 heavy (non-hydrogen) atoms. The van der Waals surface area contributed by atoms with E-state index < -0.39 is 5.60 Å². The van der Waals surface area contributed by atoms with Gasteiger partial charge in [-0.05, 0) is 38.8 Å². The van der Waals surface area contributed by atoms with Crippen LogP contribution in [0.25, 0.3) is 0 Å². The summed E-state index contributed by atoms with van der Waals surface area (Å²) in [5.74, 6) is 0.640. The van der Waals surface area contributed by atoms with Crippen LogP contribution in [-0.2, 0) is 0 Å². The molecule has 0 aliphatic heterocycles. The third-order valence-corrected chi connectivity index (χ3v) is 2.68. The molecule has 0 bridgehead atoms. The van der Waals surface area contributed by atoms with Gasteiger partial charge in [0, 0.05) is 6.42 Å². The lowest BCUT2D eigenvalue weighted by atomic mass is 9.97. The summed E-state index contributed by atoms with van der Waals surface area (Å²) in [5, 5.41) is 9.61. The summed E-state index contributed by atoms with van der Waals surface area (Å²) in [6.07, 6.45) is 0.770. The standard InChI is InChI=1S/C14H20O3/c1-10-6-5-7-11(13(10)17-4)12(15)8-9-14(2,3)16/h5-7,16H,8-9H2,1-4H3. The van der Waals surface area contributed by atoms with E-state index in [0.29, 0.717) is 24.2 Å². The number of aliphatic hydroxyl groups is 1. The predicted molar refractivity (Wildman–Crippen MR) is 67.6 cm³/mol. The lowest BCUT2D eigenvalue weighted by molar-refractivity contribution is 0.0632. The topological polar surface area (TPSA) is 46.5 Å². The number of aryl methyl sites for hydroxylation is 1. The molecule has 0 saturated carbocycles. The van der Waals surface area contributed by atoms with Gasteiger partial charge in [0.2, 0.25) is 0 Å². The molecule has 0 unspecified atom stereocenters. The average molecular weight is 236 g/mol. The van der Waals surface area contributed by atoms with E-state index in [4.69, 9.17) is 4.74 Å². The van der Waals surface area contributed by atoms with Crippen LogP contribution in [0.1, 0.15) is 42.6 Å². The lowest BCUT2D eigenvalue weighted by Crippen LogP contribution is -2.20. The Balaban J connectivity index is 2.86. The fourth-order valence-corrected chi connectivity index (χ4v) is 1.70. The number of Topliss-reactive ketones (excluding diaryl/α,β-unsaturated/α-hetero) is 1. The molecule has 1 N–H and O–H groups in total. The van der Waals surface area contributed by atoms with Crippen molar-refractivity contribution < 1.29 is 14.6 Å². The first-order valence-electron chi connectivity index (χ1n) is 5.74. The van der Waals surface area contributed by atoms with Crippen molar-refractivity contribution in [3.8, 4) is 5.75 Å². The number of hydrogen-bond acceptors (Lipinski definition) is 3. The molecule has 0 spiro atoms. The fraction of sp³-hybridized carbons (Fsp3) is 0.500. The van der Waals surface area contributed by atoms with E-state index in [0.717, 1.165) is 5.56 Å². The summed E-state index contributed by atoms with van der Waals surface area (Å²) in [5.41, 5.74) is 0.727. The monoisotopic (exact) mass is 236 g/mol. The molecule has 1 rings (SSSR count). The van der Waals surface area contributed by atoms with E-state index in [1.165, 1.54) is 0 Å². The zero-order chi connectivity index (χ0) is 13.1. The minimum Gasteiger partial charge on any atom is -0.496 e. The molecular formula is C14H20O3. The van der Waals surface area contributed by atoms with Crippen molar-refractivity contribution in [1.82, 2.24) is 0 Å². The number of rotatable bonds is 5. The molecule has 3 heteroatoms. The highest BCUT2D eigenvalue weighted by atomic mass is 16.5. The van der Waals surface area contributed by atoms with Gasteiger partial charge in [-0.15, -0.1) is 0 Å². The Morgan fingerprint density at radius 1 is 1.41 bits per heavy atom. The summed E-state index contributed by atoms with van der Waals surface area (Å²) < 4.78 is 5.25. The summed E-state index contributed by atoms with van der Waals surface area (Å²) in [7, 11) is 1.56. The maximum Gasteiger partial charge on any atom is 0.166 e. The number of benzene rings is 1. The van der Waals surface area contributed by atoms with Crippen molar-refractivity contribution in [1.29, 1.82) is 0 Å². The van der Waals surface area contributed by atoms with Crippen LogP contribution in [0.15, 0.2) is 18.2 Å². The Morgan fingerprint density at radius 2 is 2.06 bits per heavy atom. The van der Waals surface area contributed by atoms with Crippen molar-refractivity contribution >= 4 is 5.78 Å². The second-order valence-corrected chi connectivity index (χ2v) is 4.89. The smallest absolute Gasteiger partial charge is 0.166 e. The molecule has 0 amide bonds. The third-order valence-electron chi connectivity index (χ3n) is 2.68. The van der Waals surface area contributed by atoms with Crippen LogP contribution in [0, 0.1) is 6.92 Å². The van der Waals surface area contributed by atoms with Crippen molar-refractivity contribution in [3.63, 3.8) is 0 Å². The van der Waals surface area contributed by atoms with Crippen molar-refractivity contribution in [3.05, 3.63) is 29.3 Å². The van der Waals surface area contributed by atoms with E-state index in [1.807, 2.05) is 19.1 Å². The van der Waals surface area contributed by atoms with Gasteiger partial charge in [-0.3, -0.25) is 4.79 Å². The Kier molecular flexibility index (Phi) is 4.29. The van der Waals surface area contributed by atoms with Crippen LogP contribution in [0.3, 0.4) is 0 Å². The van der Waals surface area contributed by atoms with Crippen LogP contribution in [0.2, 0.25) is 0 Å². The molecule has 1 aromatic carbocycles. The first-order valence-corrected chi connectivity index (χ1v) is 5.74. The van der Waals surface area contributed by atoms with Gasteiger partial charge < -0.3 is 9.84 Å². The quantitative estimate of drug-likeness (QED) is 0.800. The summed E-state index contributed by atoms with van der Waals surface area (Å²) in [4.78, 5) is 12.0. The van der Waals surface area contributed by atoms with Gasteiger partial charge in [-0.25, -0.2) is 0 Å². The van der Waals surface area contributed by atoms with Gasteiger partial charge in [0.05, 0.1) is 18.3 Å². The highest BCUT2D eigenvalue weighted by Gasteiger charge is 2.18. The first-order chi connectivity index (χ1) is 7.85. The van der Waals surface area contributed by atoms with Gasteiger partial charge in [0.1, 0.15) is 5.75 Å². The van der Waals surface area contributed by atoms with E-state index >= 15 is 0 Å². The zero-order valence-electron chi connectivity index (χ0n) is 10.9. The van der Waals surface area contributed by atoms with E-state index in [-0.39, 0.29) is 5.78 Å². The maximum absolute atomic E-state index is 12.0. The fourth-order valence-electron chi connectivity index (χ4n) is 1.70. The molecule has 0 aromatic heterocycles. The van der Waals surface area contributed by atoms with Crippen LogP contribution in [-0.4, -0.2) is 23.6 Å². The highest BCUT2D eigenvalue weighted by molar-refractivity contribution is 5.99. The SMILES string of the molecule is COc1c(C)cccc1C(=O)CCC(C)(C)O. The molecule has 1 aromatic rings. The molecule has 0 aliphatic rings. The molecule has 94 valence electrons. The zero-order valence-corrected chi connectivity index (χ0v) is 10.9. The summed E-state index contributed by atoms with van der Waals surface area (Å²) >= 11 is 0. The lowest BCUT2D eigenvalue weighted by Gasteiger charge is -2.16. The van der Waals surface area contributed by atoms with Crippen LogP contribution >= 0.6 is 0 Å². The second kappa shape index (κ2) is 5.32. The Labute approximate surface area is 102 Å². The number of para-hydroxylation sites is 1. The van der Waals surface area contributed by atoms with Gasteiger partial charge in [0.15, 0.2) is 5.78 Å². The van der Waals surface area contributed by atoms with E-state index in [2.05, 4.69) is 0 Å². The van der Waals surface area contributed by atoms with Crippen molar-refractivity contribution in [2.45, 2.75) is 39.2 Å². The summed E-state index contributed by atoms with van der Waals surface area (Å²) in [6.45, 7) is 5.31. The van der Waals surface area contributed by atoms with Gasteiger partial charge >= 0.3 is 0 Å². The number of ketones is 1. The largest absolute Gasteiger partial charge is 0.496 e. The molecule has 0 saturated heterocycles. The Bertz CT molecular complexity index is 402. The molecule has 0 atom stereocenters. The van der Waals surface area contributed by atoms with Crippen LogP contribution < -0.4 is 4.74 Å². The van der Waals surface area contributed by atoms with E-state index in [9.17, 15) is 9.90 Å². The second-order valence-electron chi connectivity index (χ2n) is 4.89. The van der Waals surface area contributed by atoms with Gasteiger partial charge in [-0.2, -0.15) is 0 Å². The summed E-state index contributed by atoms with van der Waals surface area (Å²) in [6, 6.07) is 5.51. The average Bonchev–Trinajstić information content (AvgIpc) is 2.24. The van der Waals surface area contributed by atoms with Gasteiger partial charge in [-0.1, -0.05) is 12.1 Å². The first kappa shape index (κ1) is 13.7. The molecule has 0 radical (unpaired) electrons. The van der Waals surface area contributed by atoms with Crippen molar-refractivity contribution in [2.75, 3.05) is 7.11 Å². The van der Waals surface area contributed by atoms with Crippen LogP contribution in [0.5, 0.6) is 5.75 Å². The molecule has 0 fully saturated rings. The highest BCUT2D eigenvalue weighted by Crippen LogP contribution is 2.25. The molecular weight excluding hydrogens is 216 g/mol. The Morgan fingerprint density at radius 3 is 2.59 bits per heavy atom. The molecule has 0 heterocycles. The maximum atomic E-state index is 12.0. The minimum absolute atomic E-state index is 0.00711. The molecule has 0 aliphatic carbocycles. The third kappa shape index (κ3) is 3.86. The van der Waals surface area contributed by atoms with Gasteiger partial charge in [0.25, 0.3) is 0 Å². The Hall–Kier alpha value is -1.35. The molecule has 3 nitrogen and oxygen atoms in total. The number of ether oxygens (including phenoxy) is 1. The van der Waals surface area contributed by atoms with E-state index in [1.54, 1.807) is 27.0 Å². The minimum atomic E-state index is -0.813. The number of carbonyl (C=O) groups excluding carboxylic acids is 1. The predicted octanol–water partition coefficient (Wildman–Crippen LogP) is 2.74. The van der Waals surface area contributed by atoms with Crippen molar-refractivity contribution in [2.24, 2.45) is 0 Å². The normalized spacial score (nSPS) is 11.4. The van der Waals surface area contributed by atoms with Crippen LogP contribution in [0.4, 0.5) is 0 Å². The number of methoxy groups -OCH3 is 1.